The summed E-state index contributed by atoms with van der Waals surface area (Å²) in [5.41, 5.74) is 0.689. The standard InChI is InChI=1S/C18H24NP/c1-3-19-15-14-16(2)20(17-10-6-4-7-11-17)18-12-8-5-9-13-18/h4-13,16,19H,3,14-15H2,1-2H3. The van der Waals surface area contributed by atoms with E-state index < -0.39 is 0 Å². The van der Waals surface area contributed by atoms with E-state index in [2.05, 4.69) is 79.8 Å². The van der Waals surface area contributed by atoms with Gasteiger partial charge in [0, 0.05) is 0 Å². The van der Waals surface area contributed by atoms with Crippen LogP contribution in [0.5, 0.6) is 0 Å². The van der Waals surface area contributed by atoms with E-state index in [-0.39, 0.29) is 7.92 Å². The van der Waals surface area contributed by atoms with Crippen molar-refractivity contribution in [3.8, 4) is 0 Å². The second-order valence-corrected chi connectivity index (χ2v) is 7.69. The first-order valence-corrected chi connectivity index (χ1v) is 8.84. The molecule has 0 aliphatic rings. The normalized spacial score (nSPS) is 12.6. The molecule has 2 heteroatoms. The zero-order valence-corrected chi connectivity index (χ0v) is 13.3. The minimum absolute atomic E-state index is 0.269. The summed E-state index contributed by atoms with van der Waals surface area (Å²) in [5, 5.41) is 6.42. The van der Waals surface area contributed by atoms with Crippen molar-refractivity contribution in [3.05, 3.63) is 60.7 Å². The van der Waals surface area contributed by atoms with Gasteiger partial charge < -0.3 is 5.32 Å². The molecule has 106 valence electrons. The number of nitrogens with one attached hydrogen (secondary N) is 1. The molecule has 0 fully saturated rings. The fourth-order valence-corrected chi connectivity index (χ4v) is 5.14. The second kappa shape index (κ2) is 8.19. The van der Waals surface area contributed by atoms with Gasteiger partial charge in [-0.2, -0.15) is 0 Å². The summed E-state index contributed by atoms with van der Waals surface area (Å²) in [5.74, 6) is 0. The Morgan fingerprint density at radius 2 is 1.40 bits per heavy atom. The summed E-state index contributed by atoms with van der Waals surface area (Å²) in [4.78, 5) is 0. The van der Waals surface area contributed by atoms with E-state index in [1.807, 2.05) is 0 Å². The van der Waals surface area contributed by atoms with Crippen LogP contribution in [-0.2, 0) is 0 Å². The fourth-order valence-electron chi connectivity index (χ4n) is 2.45. The molecule has 1 nitrogen and oxygen atoms in total. The molecule has 1 N–H and O–H groups in total. The molecule has 0 heterocycles. The van der Waals surface area contributed by atoms with Crippen LogP contribution in [-0.4, -0.2) is 18.7 Å². The van der Waals surface area contributed by atoms with E-state index in [4.69, 9.17) is 0 Å². The molecule has 1 atom stereocenters. The van der Waals surface area contributed by atoms with E-state index in [1.165, 1.54) is 17.0 Å². The quantitative estimate of drug-likeness (QED) is 0.606. The van der Waals surface area contributed by atoms with Crippen LogP contribution in [0.2, 0.25) is 0 Å². The maximum Gasteiger partial charge on any atom is -0.00429 e. The molecule has 0 aromatic heterocycles. The fraction of sp³-hybridized carbons (Fsp3) is 0.333. The Morgan fingerprint density at radius 3 is 1.85 bits per heavy atom. The van der Waals surface area contributed by atoms with Crippen molar-refractivity contribution in [2.45, 2.75) is 25.9 Å². The summed E-state index contributed by atoms with van der Waals surface area (Å²) in [6, 6.07) is 22.0. The van der Waals surface area contributed by atoms with Crippen molar-refractivity contribution in [1.29, 1.82) is 0 Å². The third kappa shape index (κ3) is 4.16. The summed E-state index contributed by atoms with van der Waals surface area (Å²) in [6.07, 6.45) is 1.23. The smallest absolute Gasteiger partial charge is 0.00429 e. The van der Waals surface area contributed by atoms with Crippen molar-refractivity contribution in [3.63, 3.8) is 0 Å². The third-order valence-corrected chi connectivity index (χ3v) is 6.35. The summed E-state index contributed by atoms with van der Waals surface area (Å²) >= 11 is 0. The molecule has 1 unspecified atom stereocenters. The highest BCUT2D eigenvalue weighted by molar-refractivity contribution is 7.73. The molecule has 20 heavy (non-hydrogen) atoms. The van der Waals surface area contributed by atoms with Crippen molar-refractivity contribution >= 4 is 18.5 Å². The van der Waals surface area contributed by atoms with Gasteiger partial charge in [-0.25, -0.2) is 0 Å². The molecule has 2 rings (SSSR count). The zero-order valence-electron chi connectivity index (χ0n) is 12.4. The van der Waals surface area contributed by atoms with Crippen LogP contribution in [0.15, 0.2) is 60.7 Å². The molecular formula is C18H24NP. The molecular weight excluding hydrogens is 261 g/mol. The molecule has 0 aliphatic carbocycles. The first-order chi connectivity index (χ1) is 9.83. The molecule has 2 aromatic carbocycles. The predicted octanol–water partition coefficient (Wildman–Crippen LogP) is 3.51. The largest absolute Gasteiger partial charge is 0.317 e. The van der Waals surface area contributed by atoms with Gasteiger partial charge in [0.15, 0.2) is 0 Å². The number of hydrogen-bond donors (Lipinski definition) is 1. The maximum atomic E-state index is 3.45. The number of hydrogen-bond acceptors (Lipinski definition) is 1. The van der Waals surface area contributed by atoms with E-state index in [0.717, 1.165) is 13.1 Å². The molecule has 0 bridgehead atoms. The highest BCUT2D eigenvalue weighted by Crippen LogP contribution is 2.40. The van der Waals surface area contributed by atoms with Crippen molar-refractivity contribution in [1.82, 2.24) is 5.32 Å². The van der Waals surface area contributed by atoms with Crippen LogP contribution >= 0.6 is 7.92 Å². The molecule has 0 saturated carbocycles. The monoisotopic (exact) mass is 285 g/mol. The van der Waals surface area contributed by atoms with Crippen LogP contribution in [0, 0.1) is 0 Å². The summed E-state index contributed by atoms with van der Waals surface area (Å²) in [7, 11) is -0.269. The van der Waals surface area contributed by atoms with Gasteiger partial charge in [0.25, 0.3) is 0 Å². The number of rotatable bonds is 7. The van der Waals surface area contributed by atoms with Gasteiger partial charge in [0.05, 0.1) is 0 Å². The van der Waals surface area contributed by atoms with Gasteiger partial charge in [-0.05, 0) is 43.7 Å². The van der Waals surface area contributed by atoms with Crippen LogP contribution in [0.3, 0.4) is 0 Å². The summed E-state index contributed by atoms with van der Waals surface area (Å²) in [6.45, 7) is 6.72. The molecule has 0 saturated heterocycles. The minimum Gasteiger partial charge on any atom is -0.317 e. The second-order valence-electron chi connectivity index (χ2n) is 5.03. The average Bonchev–Trinajstić information content (AvgIpc) is 2.50. The Hall–Kier alpha value is -1.17. The number of benzene rings is 2. The van der Waals surface area contributed by atoms with Crippen LogP contribution in [0.4, 0.5) is 0 Å². The Morgan fingerprint density at radius 1 is 0.900 bits per heavy atom. The van der Waals surface area contributed by atoms with Crippen LogP contribution < -0.4 is 15.9 Å². The minimum atomic E-state index is -0.269. The lowest BCUT2D eigenvalue weighted by molar-refractivity contribution is 0.668. The van der Waals surface area contributed by atoms with Gasteiger partial charge in [-0.15, -0.1) is 0 Å². The Bertz CT molecular complexity index is 444. The first kappa shape index (κ1) is 15.2. The Balaban J connectivity index is 2.21. The first-order valence-electron chi connectivity index (χ1n) is 7.43. The topological polar surface area (TPSA) is 12.0 Å². The predicted molar refractivity (Wildman–Crippen MR) is 91.7 cm³/mol. The highest BCUT2D eigenvalue weighted by Gasteiger charge is 2.20. The Kier molecular flexibility index (Phi) is 6.24. The molecule has 2 aromatic rings. The molecule has 0 radical (unpaired) electrons. The maximum absolute atomic E-state index is 3.45. The zero-order chi connectivity index (χ0) is 14.2. The lowest BCUT2D eigenvalue weighted by atomic mass is 10.3. The lowest BCUT2D eigenvalue weighted by Crippen LogP contribution is -2.24. The van der Waals surface area contributed by atoms with Gasteiger partial charge in [-0.3, -0.25) is 0 Å². The third-order valence-electron chi connectivity index (χ3n) is 3.50. The molecule has 0 aliphatic heterocycles. The average molecular weight is 285 g/mol. The van der Waals surface area contributed by atoms with Gasteiger partial charge >= 0.3 is 0 Å². The summed E-state index contributed by atoms with van der Waals surface area (Å²) < 4.78 is 0. The van der Waals surface area contributed by atoms with E-state index >= 15 is 0 Å². The molecule has 0 spiro atoms. The molecule has 0 amide bonds. The van der Waals surface area contributed by atoms with Crippen molar-refractivity contribution in [2.75, 3.05) is 13.1 Å². The van der Waals surface area contributed by atoms with E-state index in [9.17, 15) is 0 Å². The Labute approximate surface area is 124 Å². The van der Waals surface area contributed by atoms with Gasteiger partial charge in [0.2, 0.25) is 0 Å². The van der Waals surface area contributed by atoms with E-state index in [0.29, 0.717) is 5.66 Å². The van der Waals surface area contributed by atoms with Crippen molar-refractivity contribution in [2.24, 2.45) is 0 Å². The highest BCUT2D eigenvalue weighted by atomic mass is 31.1. The van der Waals surface area contributed by atoms with Gasteiger partial charge in [-0.1, -0.05) is 74.5 Å². The van der Waals surface area contributed by atoms with Gasteiger partial charge in [0.1, 0.15) is 0 Å². The SMILES string of the molecule is CCNCCC(C)P(c1ccccc1)c1ccccc1. The van der Waals surface area contributed by atoms with Crippen LogP contribution in [0.1, 0.15) is 20.3 Å². The van der Waals surface area contributed by atoms with Crippen molar-refractivity contribution < 1.29 is 0 Å². The van der Waals surface area contributed by atoms with E-state index in [1.54, 1.807) is 0 Å². The lowest BCUT2D eigenvalue weighted by Gasteiger charge is -2.25. The van der Waals surface area contributed by atoms with Crippen LogP contribution in [0.25, 0.3) is 0 Å².